The highest BCUT2D eigenvalue weighted by atomic mass is 32.2. The maximum absolute atomic E-state index is 14.5. The summed E-state index contributed by atoms with van der Waals surface area (Å²) in [5, 5.41) is 7.39. The Morgan fingerprint density at radius 1 is 0.949 bits per heavy atom. The molecule has 312 valence electrons. The number of amides is 3. The zero-order valence-corrected chi connectivity index (χ0v) is 34.9. The number of pyridine rings is 1. The molecule has 2 unspecified atom stereocenters. The SMILES string of the molecule is COc1cc(Nc2cc(Oc3ccc(N(C(N)=O)c4cc(C(C)(C)C)cc(NS(C)(=O)=O)c4OC)c4ccccc34)ccn2)ccc1C(=O)NC(C)N1CCCCC1F. The number of carbonyl (C=O) groups excluding carboxylic acids is 2. The van der Waals surface area contributed by atoms with E-state index in [9.17, 15) is 22.4 Å². The number of hydrogen-bond donors (Lipinski definition) is 4. The van der Waals surface area contributed by atoms with Crippen LogP contribution < -0.4 is 40.2 Å². The summed E-state index contributed by atoms with van der Waals surface area (Å²) in [6, 6.07) is 21.8. The summed E-state index contributed by atoms with van der Waals surface area (Å²) in [6.07, 6.45) is 3.18. The summed E-state index contributed by atoms with van der Waals surface area (Å²) in [5.74, 6) is 1.41. The van der Waals surface area contributed by atoms with Crippen LogP contribution in [0, 0.1) is 0 Å². The van der Waals surface area contributed by atoms with Crippen molar-refractivity contribution < 1.29 is 36.6 Å². The summed E-state index contributed by atoms with van der Waals surface area (Å²) >= 11 is 0. The van der Waals surface area contributed by atoms with E-state index >= 15 is 0 Å². The van der Waals surface area contributed by atoms with Crippen molar-refractivity contribution in [3.8, 4) is 23.0 Å². The number of aromatic nitrogens is 1. The summed E-state index contributed by atoms with van der Waals surface area (Å²) in [6.45, 7) is 8.25. The zero-order chi connectivity index (χ0) is 42.6. The molecule has 5 aromatic rings. The van der Waals surface area contributed by atoms with Crippen LogP contribution in [-0.4, -0.2) is 69.7 Å². The number of nitrogens with zero attached hydrogens (tertiary/aromatic N) is 3. The van der Waals surface area contributed by atoms with Crippen LogP contribution in [0.25, 0.3) is 10.8 Å². The predicted molar refractivity (Wildman–Crippen MR) is 229 cm³/mol. The molecule has 1 aliphatic rings. The quantitative estimate of drug-likeness (QED) is 0.0842. The number of rotatable bonds is 13. The van der Waals surface area contributed by atoms with E-state index in [0.717, 1.165) is 24.7 Å². The molecule has 3 amide bonds. The number of fused-ring (bicyclic) bond motifs is 1. The third-order valence-corrected chi connectivity index (χ3v) is 10.6. The number of benzene rings is 4. The molecule has 2 atom stereocenters. The number of carbonyl (C=O) groups is 2. The van der Waals surface area contributed by atoms with Crippen LogP contribution in [0.4, 0.5) is 37.8 Å². The molecule has 6 rings (SSSR count). The molecule has 16 heteroatoms. The van der Waals surface area contributed by atoms with E-state index in [4.69, 9.17) is 19.9 Å². The standard InChI is InChI=1S/C43H50FN7O7S/c1-26(50-21-11-10-14-38(50)44)47-41(52)32-16-15-28(24-37(32)56-5)48-39-25-29(19-20-46-39)58-36-18-17-34(30-12-8-9-13-31(30)36)51(42(45)53)35-23-27(43(2,3)4)22-33(40(35)57-6)49-59(7,54)55/h8-9,12-13,15-20,22-26,38,49H,10-11,14,21H2,1-7H3,(H2,45,53)(H,46,48)(H,47,52). The van der Waals surface area contributed by atoms with Gasteiger partial charge in [-0.2, -0.15) is 0 Å². The van der Waals surface area contributed by atoms with Gasteiger partial charge in [0.25, 0.3) is 5.91 Å². The molecule has 5 N–H and O–H groups in total. The molecule has 0 aliphatic carbocycles. The van der Waals surface area contributed by atoms with E-state index in [1.54, 1.807) is 72.6 Å². The van der Waals surface area contributed by atoms with Crippen LogP contribution in [0.2, 0.25) is 0 Å². The normalized spacial score (nSPS) is 15.2. The van der Waals surface area contributed by atoms with Gasteiger partial charge in [-0.1, -0.05) is 45.0 Å². The predicted octanol–water partition coefficient (Wildman–Crippen LogP) is 8.53. The maximum atomic E-state index is 14.5. The summed E-state index contributed by atoms with van der Waals surface area (Å²) in [7, 11) is -0.867. The number of halogens is 1. The molecular weight excluding hydrogens is 778 g/mol. The van der Waals surface area contributed by atoms with Gasteiger partial charge in [-0.15, -0.1) is 0 Å². The molecule has 59 heavy (non-hydrogen) atoms. The Labute approximate surface area is 343 Å². The molecule has 14 nitrogen and oxygen atoms in total. The second-order valence-electron chi connectivity index (χ2n) is 15.3. The van der Waals surface area contributed by atoms with Gasteiger partial charge in [0.05, 0.1) is 49.3 Å². The van der Waals surface area contributed by atoms with E-state index < -0.39 is 33.9 Å². The number of nitrogens with two attached hydrogens (primary N) is 1. The molecular formula is C43H50FN7O7S. The molecule has 0 spiro atoms. The Morgan fingerprint density at radius 3 is 2.36 bits per heavy atom. The first-order valence-corrected chi connectivity index (χ1v) is 21.0. The number of methoxy groups -OCH3 is 2. The monoisotopic (exact) mass is 827 g/mol. The van der Waals surface area contributed by atoms with Crippen molar-refractivity contribution in [1.29, 1.82) is 0 Å². The zero-order valence-electron chi connectivity index (χ0n) is 34.1. The number of anilines is 5. The van der Waals surface area contributed by atoms with Crippen LogP contribution >= 0.6 is 0 Å². The molecule has 0 radical (unpaired) electrons. The number of ether oxygens (including phenoxy) is 3. The summed E-state index contributed by atoms with van der Waals surface area (Å²) in [4.78, 5) is 34.0. The van der Waals surface area contributed by atoms with E-state index in [1.807, 2.05) is 45.0 Å². The van der Waals surface area contributed by atoms with Crippen molar-refractivity contribution in [2.24, 2.45) is 5.73 Å². The third kappa shape index (κ3) is 9.78. The van der Waals surface area contributed by atoms with Gasteiger partial charge >= 0.3 is 6.03 Å². The molecule has 0 saturated carbocycles. The molecule has 1 aliphatic heterocycles. The number of piperidine rings is 1. The lowest BCUT2D eigenvalue weighted by Gasteiger charge is -2.35. The van der Waals surface area contributed by atoms with Gasteiger partial charge in [-0.25, -0.2) is 22.6 Å². The van der Waals surface area contributed by atoms with E-state index in [2.05, 4.69) is 20.3 Å². The van der Waals surface area contributed by atoms with Crippen molar-refractivity contribution in [1.82, 2.24) is 15.2 Å². The Kier molecular flexibility index (Phi) is 12.5. The van der Waals surface area contributed by atoms with Gasteiger partial charge in [-0.3, -0.25) is 19.3 Å². The van der Waals surface area contributed by atoms with Gasteiger partial charge in [0.2, 0.25) is 10.0 Å². The first-order chi connectivity index (χ1) is 28.0. The van der Waals surface area contributed by atoms with Gasteiger partial charge in [0.1, 0.15) is 23.1 Å². The van der Waals surface area contributed by atoms with Crippen molar-refractivity contribution in [3.05, 3.63) is 96.2 Å². The highest BCUT2D eigenvalue weighted by Crippen LogP contribution is 2.46. The average molecular weight is 828 g/mol. The lowest BCUT2D eigenvalue weighted by molar-refractivity contribution is 0.00579. The Balaban J connectivity index is 1.28. The minimum Gasteiger partial charge on any atom is -0.496 e. The fourth-order valence-corrected chi connectivity index (χ4v) is 7.63. The number of nitrogens with one attached hydrogen (secondary N) is 3. The Bertz CT molecular complexity index is 2480. The molecule has 2 heterocycles. The Hall–Kier alpha value is -6.13. The van der Waals surface area contributed by atoms with Crippen molar-refractivity contribution in [3.63, 3.8) is 0 Å². The molecule has 1 aromatic heterocycles. The lowest BCUT2D eigenvalue weighted by atomic mass is 9.86. The van der Waals surface area contributed by atoms with Crippen LogP contribution in [-0.2, 0) is 15.4 Å². The van der Waals surface area contributed by atoms with Gasteiger partial charge in [-0.05, 0) is 79.6 Å². The molecule has 1 fully saturated rings. The van der Waals surface area contributed by atoms with Gasteiger partial charge in [0.15, 0.2) is 12.0 Å². The minimum absolute atomic E-state index is 0.109. The molecule has 4 aromatic carbocycles. The second kappa shape index (κ2) is 17.4. The second-order valence-corrected chi connectivity index (χ2v) is 17.1. The summed E-state index contributed by atoms with van der Waals surface area (Å²) in [5.41, 5.74) is 8.08. The van der Waals surface area contributed by atoms with Crippen LogP contribution in [0.5, 0.6) is 23.0 Å². The van der Waals surface area contributed by atoms with Gasteiger partial charge < -0.3 is 30.6 Å². The number of primary amides is 1. The van der Waals surface area contributed by atoms with Crippen molar-refractivity contribution in [2.75, 3.05) is 42.0 Å². The van der Waals surface area contributed by atoms with Crippen molar-refractivity contribution >= 4 is 61.3 Å². The Morgan fingerprint density at radius 2 is 1.69 bits per heavy atom. The number of urea groups is 1. The molecule has 1 saturated heterocycles. The first-order valence-electron chi connectivity index (χ1n) is 19.1. The van der Waals surface area contributed by atoms with E-state index in [0.29, 0.717) is 63.7 Å². The van der Waals surface area contributed by atoms with Gasteiger partial charge in [0, 0.05) is 41.3 Å². The average Bonchev–Trinajstić information content (AvgIpc) is 3.17. The first kappa shape index (κ1) is 42.5. The number of likely N-dealkylation sites (tertiary alicyclic amines) is 1. The van der Waals surface area contributed by atoms with E-state index in [-0.39, 0.29) is 23.0 Å². The minimum atomic E-state index is -3.73. The largest absolute Gasteiger partial charge is 0.496 e. The van der Waals surface area contributed by atoms with E-state index in [1.165, 1.54) is 19.1 Å². The fourth-order valence-electron chi connectivity index (χ4n) is 7.08. The highest BCUT2D eigenvalue weighted by molar-refractivity contribution is 7.92. The number of alkyl halides is 1. The maximum Gasteiger partial charge on any atom is 0.324 e. The summed E-state index contributed by atoms with van der Waals surface area (Å²) < 4.78 is 59.6. The fraction of sp³-hybridized carbons (Fsp3) is 0.326. The lowest BCUT2D eigenvalue weighted by Crippen LogP contribution is -2.51. The molecule has 0 bridgehead atoms. The topological polar surface area (TPSA) is 177 Å². The highest BCUT2D eigenvalue weighted by Gasteiger charge is 2.30. The van der Waals surface area contributed by atoms with Crippen LogP contribution in [0.15, 0.2) is 85.1 Å². The number of sulfonamides is 1. The van der Waals surface area contributed by atoms with Crippen LogP contribution in [0.1, 0.15) is 62.9 Å². The third-order valence-electron chi connectivity index (χ3n) is 9.98. The van der Waals surface area contributed by atoms with Crippen LogP contribution in [0.3, 0.4) is 0 Å². The number of hydrogen-bond acceptors (Lipinski definition) is 10. The van der Waals surface area contributed by atoms with Crippen molar-refractivity contribution in [2.45, 2.75) is 64.8 Å². The smallest absolute Gasteiger partial charge is 0.324 e.